The molecule has 56 valence electrons. The molecule has 0 fully saturated rings. The Morgan fingerprint density at radius 1 is 1.18 bits per heavy atom. The molecular weight excluding hydrogens is 132 g/mol. The van der Waals surface area contributed by atoms with Crippen LogP contribution < -0.4 is 0 Å². The normalized spacial score (nSPS) is 14.6. The van der Waals surface area contributed by atoms with Gasteiger partial charge in [-0.15, -0.1) is 0 Å². The number of rotatable bonds is 1. The highest BCUT2D eigenvalue weighted by Crippen LogP contribution is 2.23. The highest BCUT2D eigenvalue weighted by Gasteiger charge is 2.11. The third kappa shape index (κ3) is 1.09. The van der Waals surface area contributed by atoms with Crippen LogP contribution in [-0.4, -0.2) is 0 Å². The van der Waals surface area contributed by atoms with Gasteiger partial charge >= 0.3 is 0 Å². The van der Waals surface area contributed by atoms with Crippen LogP contribution in [0.4, 0.5) is 0 Å². The molecule has 0 unspecified atom stereocenters. The Kier molecular flexibility index (Phi) is 1.54. The van der Waals surface area contributed by atoms with Crippen LogP contribution in [0.25, 0.3) is 6.08 Å². The van der Waals surface area contributed by atoms with E-state index < -0.39 is 0 Å². The number of aryl methyl sites for hydroxylation is 2. The average molecular weight is 144 g/mol. The molecule has 2 rings (SSSR count). The van der Waals surface area contributed by atoms with Gasteiger partial charge in [0, 0.05) is 0 Å². The van der Waals surface area contributed by atoms with Gasteiger partial charge in [-0.25, -0.2) is 0 Å². The first kappa shape index (κ1) is 6.66. The van der Waals surface area contributed by atoms with Gasteiger partial charge in [-0.2, -0.15) is 0 Å². The number of hydrogen-bond acceptors (Lipinski definition) is 0. The van der Waals surface area contributed by atoms with Crippen molar-refractivity contribution >= 4 is 6.08 Å². The van der Waals surface area contributed by atoms with Crippen molar-refractivity contribution in [3.63, 3.8) is 0 Å². The van der Waals surface area contributed by atoms with Crippen molar-refractivity contribution < 1.29 is 0 Å². The standard InChI is InChI=1S/C11H12/c1-2-3-9-4-5-10-6-7-11(10)8-9/h2-5,8H,6-7H2,1H3. The van der Waals surface area contributed by atoms with Crippen LogP contribution in [0.3, 0.4) is 0 Å². The lowest BCUT2D eigenvalue weighted by molar-refractivity contribution is 0.839. The summed E-state index contributed by atoms with van der Waals surface area (Å²) in [5.74, 6) is 0. The molecule has 1 aromatic carbocycles. The molecule has 0 atom stereocenters. The first-order valence-corrected chi connectivity index (χ1v) is 4.14. The molecule has 1 aromatic rings. The molecule has 0 radical (unpaired) electrons. The van der Waals surface area contributed by atoms with E-state index in [1.54, 1.807) is 11.1 Å². The van der Waals surface area contributed by atoms with Crippen molar-refractivity contribution in [2.24, 2.45) is 0 Å². The van der Waals surface area contributed by atoms with Crippen molar-refractivity contribution in [1.29, 1.82) is 0 Å². The van der Waals surface area contributed by atoms with E-state index in [0.717, 1.165) is 0 Å². The van der Waals surface area contributed by atoms with Gasteiger partial charge in [-0.3, -0.25) is 0 Å². The molecule has 0 saturated carbocycles. The van der Waals surface area contributed by atoms with E-state index in [2.05, 4.69) is 37.3 Å². The highest BCUT2D eigenvalue weighted by atomic mass is 14.2. The molecular formula is C11H12. The van der Waals surface area contributed by atoms with Gasteiger partial charge in [0.15, 0.2) is 0 Å². The fourth-order valence-electron chi connectivity index (χ4n) is 1.51. The summed E-state index contributed by atoms with van der Waals surface area (Å²) in [6, 6.07) is 6.73. The van der Waals surface area contributed by atoms with E-state index in [1.165, 1.54) is 18.4 Å². The second-order valence-corrected chi connectivity index (χ2v) is 3.03. The van der Waals surface area contributed by atoms with Gasteiger partial charge in [-0.1, -0.05) is 30.4 Å². The third-order valence-electron chi connectivity index (χ3n) is 2.25. The van der Waals surface area contributed by atoms with Gasteiger partial charge in [0.05, 0.1) is 0 Å². The first-order valence-electron chi connectivity index (χ1n) is 4.14. The van der Waals surface area contributed by atoms with Crippen LogP contribution >= 0.6 is 0 Å². The van der Waals surface area contributed by atoms with Gasteiger partial charge in [0.1, 0.15) is 0 Å². The van der Waals surface area contributed by atoms with Gasteiger partial charge in [0.25, 0.3) is 0 Å². The zero-order valence-electron chi connectivity index (χ0n) is 6.80. The summed E-state index contributed by atoms with van der Waals surface area (Å²) in [5.41, 5.74) is 4.42. The number of allylic oxidation sites excluding steroid dienone is 1. The summed E-state index contributed by atoms with van der Waals surface area (Å²) in [6.45, 7) is 2.05. The quantitative estimate of drug-likeness (QED) is 0.568. The fraction of sp³-hybridized carbons (Fsp3) is 0.273. The van der Waals surface area contributed by atoms with Crippen molar-refractivity contribution in [3.05, 3.63) is 41.0 Å². The Morgan fingerprint density at radius 2 is 2.00 bits per heavy atom. The average Bonchev–Trinajstić information content (AvgIpc) is 1.96. The number of hydrogen-bond donors (Lipinski definition) is 0. The molecule has 0 heteroatoms. The van der Waals surface area contributed by atoms with Crippen LogP contribution in [0.15, 0.2) is 24.3 Å². The lowest BCUT2D eigenvalue weighted by Crippen LogP contribution is -2.07. The molecule has 0 saturated heterocycles. The molecule has 0 nitrogen and oxygen atoms in total. The maximum atomic E-state index is 2.29. The predicted molar refractivity (Wildman–Crippen MR) is 48.6 cm³/mol. The largest absolute Gasteiger partial charge is 0.0871 e. The van der Waals surface area contributed by atoms with Crippen LogP contribution in [0.2, 0.25) is 0 Å². The zero-order valence-corrected chi connectivity index (χ0v) is 6.80. The van der Waals surface area contributed by atoms with Crippen LogP contribution in [0.1, 0.15) is 23.6 Å². The van der Waals surface area contributed by atoms with Crippen molar-refractivity contribution in [3.8, 4) is 0 Å². The molecule has 11 heavy (non-hydrogen) atoms. The fourth-order valence-corrected chi connectivity index (χ4v) is 1.51. The molecule has 0 aromatic heterocycles. The lowest BCUT2D eigenvalue weighted by atomic mass is 9.87. The second kappa shape index (κ2) is 2.54. The number of benzene rings is 1. The van der Waals surface area contributed by atoms with Crippen LogP contribution in [-0.2, 0) is 12.8 Å². The van der Waals surface area contributed by atoms with Crippen molar-refractivity contribution in [2.75, 3.05) is 0 Å². The van der Waals surface area contributed by atoms with Crippen molar-refractivity contribution in [1.82, 2.24) is 0 Å². The molecule has 0 bridgehead atoms. The Labute approximate surface area is 67.6 Å². The van der Waals surface area contributed by atoms with E-state index in [0.29, 0.717) is 0 Å². The Balaban J connectivity index is 2.38. The Hall–Kier alpha value is -1.04. The maximum Gasteiger partial charge on any atom is -0.0235 e. The third-order valence-corrected chi connectivity index (χ3v) is 2.25. The molecule has 1 aliphatic carbocycles. The first-order chi connectivity index (χ1) is 5.40. The van der Waals surface area contributed by atoms with Gasteiger partial charge < -0.3 is 0 Å². The summed E-state index contributed by atoms with van der Waals surface area (Å²) in [7, 11) is 0. The SMILES string of the molecule is CC=Cc1ccc2c(c1)CC2. The summed E-state index contributed by atoms with van der Waals surface area (Å²) >= 11 is 0. The second-order valence-electron chi connectivity index (χ2n) is 3.03. The van der Waals surface area contributed by atoms with Gasteiger partial charge in [0.2, 0.25) is 0 Å². The predicted octanol–water partition coefficient (Wildman–Crippen LogP) is 2.82. The molecule has 0 amide bonds. The topological polar surface area (TPSA) is 0 Å². The van der Waals surface area contributed by atoms with E-state index in [9.17, 15) is 0 Å². The minimum absolute atomic E-state index is 1.28. The lowest BCUT2D eigenvalue weighted by Gasteiger charge is -2.18. The number of fused-ring (bicyclic) bond motifs is 1. The molecule has 0 spiro atoms. The molecule has 1 aliphatic rings. The van der Waals surface area contributed by atoms with E-state index in [4.69, 9.17) is 0 Å². The van der Waals surface area contributed by atoms with Crippen LogP contribution in [0, 0.1) is 0 Å². The molecule has 0 heterocycles. The summed E-state index contributed by atoms with van der Waals surface area (Å²) in [6.07, 6.45) is 6.80. The summed E-state index contributed by atoms with van der Waals surface area (Å²) in [5, 5.41) is 0. The van der Waals surface area contributed by atoms with E-state index in [-0.39, 0.29) is 0 Å². The van der Waals surface area contributed by atoms with E-state index in [1.807, 2.05) is 0 Å². The Morgan fingerprint density at radius 3 is 2.55 bits per heavy atom. The molecule has 0 N–H and O–H groups in total. The van der Waals surface area contributed by atoms with Crippen LogP contribution in [0.5, 0.6) is 0 Å². The smallest absolute Gasteiger partial charge is 0.0235 e. The monoisotopic (exact) mass is 144 g/mol. The molecule has 0 aliphatic heterocycles. The zero-order chi connectivity index (χ0) is 7.68. The summed E-state index contributed by atoms with van der Waals surface area (Å²) in [4.78, 5) is 0. The van der Waals surface area contributed by atoms with E-state index >= 15 is 0 Å². The van der Waals surface area contributed by atoms with Gasteiger partial charge in [-0.05, 0) is 36.5 Å². The Bertz CT molecular complexity index is 295. The van der Waals surface area contributed by atoms with Crippen molar-refractivity contribution in [2.45, 2.75) is 19.8 Å². The highest BCUT2D eigenvalue weighted by molar-refractivity contribution is 5.53. The minimum Gasteiger partial charge on any atom is -0.0871 e. The summed E-state index contributed by atoms with van der Waals surface area (Å²) < 4.78 is 0. The maximum absolute atomic E-state index is 2.29. The minimum atomic E-state index is 1.28.